The van der Waals surface area contributed by atoms with Crippen molar-refractivity contribution in [3.05, 3.63) is 65.2 Å². The lowest BCUT2D eigenvalue weighted by Crippen LogP contribution is -2.50. The molecule has 2 aromatic carbocycles. The molecular weight excluding hydrogens is 374 g/mol. The van der Waals surface area contributed by atoms with Crippen molar-refractivity contribution in [3.8, 4) is 0 Å². The lowest BCUT2D eigenvalue weighted by Gasteiger charge is -2.39. The first-order valence-electron chi connectivity index (χ1n) is 9.66. The summed E-state index contributed by atoms with van der Waals surface area (Å²) in [5, 5.41) is 6.29. The third-order valence-corrected chi connectivity index (χ3v) is 5.60. The summed E-state index contributed by atoms with van der Waals surface area (Å²) in [6.07, 6.45) is 1.21. The van der Waals surface area contributed by atoms with Gasteiger partial charge in [0.1, 0.15) is 0 Å². The minimum atomic E-state index is -0.412. The second-order valence-electron chi connectivity index (χ2n) is 7.24. The molecule has 5 nitrogen and oxygen atoms in total. The van der Waals surface area contributed by atoms with Crippen LogP contribution in [0.5, 0.6) is 0 Å². The highest BCUT2D eigenvalue weighted by Gasteiger charge is 2.37. The summed E-state index contributed by atoms with van der Waals surface area (Å²) in [6, 6.07) is 16.1. The van der Waals surface area contributed by atoms with Gasteiger partial charge < -0.3 is 15.5 Å². The zero-order valence-corrected chi connectivity index (χ0v) is 16.8. The molecule has 2 heterocycles. The number of fused-ring (bicyclic) bond motifs is 1. The highest BCUT2D eigenvalue weighted by molar-refractivity contribution is 6.01. The number of amides is 2. The molecule has 0 bridgehead atoms. The van der Waals surface area contributed by atoms with Crippen molar-refractivity contribution >= 4 is 29.9 Å². The fourth-order valence-corrected chi connectivity index (χ4v) is 4.07. The van der Waals surface area contributed by atoms with E-state index in [1.807, 2.05) is 29.2 Å². The minimum Gasteiger partial charge on any atom is -0.333 e. The molecule has 148 valence electrons. The number of nitrogens with zero attached hydrogens (tertiary/aromatic N) is 1. The molecule has 0 spiro atoms. The molecule has 2 aliphatic rings. The Kier molecular flexibility index (Phi) is 6.37. The standard InChI is InChI=1S/C22H25N3O2.ClH/c1-2-15-7-9-16(10-8-15)20-14-23-11-12-25(20)22(27)18-13-21(26)24-19-6-4-3-5-17(18)19;/h3-10,18,20,23H,2,11-14H2,1H3,(H,24,26);1H. The Labute approximate surface area is 171 Å². The van der Waals surface area contributed by atoms with Crippen LogP contribution in [0.25, 0.3) is 0 Å². The Morgan fingerprint density at radius 3 is 2.64 bits per heavy atom. The van der Waals surface area contributed by atoms with E-state index in [1.54, 1.807) is 0 Å². The van der Waals surface area contributed by atoms with E-state index in [9.17, 15) is 9.59 Å². The molecular formula is C22H26ClN3O2. The Morgan fingerprint density at radius 2 is 1.89 bits per heavy atom. The van der Waals surface area contributed by atoms with Crippen LogP contribution < -0.4 is 10.6 Å². The number of piperazine rings is 1. The van der Waals surface area contributed by atoms with Gasteiger partial charge in [0.25, 0.3) is 0 Å². The van der Waals surface area contributed by atoms with Gasteiger partial charge in [0.15, 0.2) is 0 Å². The number of nitrogens with one attached hydrogen (secondary N) is 2. The van der Waals surface area contributed by atoms with E-state index in [2.05, 4.69) is 41.8 Å². The molecule has 6 heteroatoms. The van der Waals surface area contributed by atoms with E-state index >= 15 is 0 Å². The maximum atomic E-state index is 13.5. The summed E-state index contributed by atoms with van der Waals surface area (Å²) in [5.74, 6) is -0.458. The molecule has 2 amide bonds. The number of hydrogen-bond acceptors (Lipinski definition) is 3. The molecule has 2 aromatic rings. The molecule has 2 N–H and O–H groups in total. The number of carbonyl (C=O) groups is 2. The monoisotopic (exact) mass is 399 g/mol. The van der Waals surface area contributed by atoms with Crippen LogP contribution in [0.2, 0.25) is 0 Å². The van der Waals surface area contributed by atoms with Crippen molar-refractivity contribution in [2.24, 2.45) is 0 Å². The second kappa shape index (κ2) is 8.76. The van der Waals surface area contributed by atoms with E-state index in [-0.39, 0.29) is 36.7 Å². The van der Waals surface area contributed by atoms with Crippen molar-refractivity contribution in [3.63, 3.8) is 0 Å². The van der Waals surface area contributed by atoms with Crippen molar-refractivity contribution in [1.82, 2.24) is 10.2 Å². The summed E-state index contributed by atoms with van der Waals surface area (Å²) in [4.78, 5) is 27.6. The first-order chi connectivity index (χ1) is 13.2. The first-order valence-corrected chi connectivity index (χ1v) is 9.66. The van der Waals surface area contributed by atoms with Crippen LogP contribution >= 0.6 is 12.4 Å². The number of aryl methyl sites for hydroxylation is 1. The minimum absolute atomic E-state index is 0. The Bertz CT molecular complexity index is 853. The van der Waals surface area contributed by atoms with Gasteiger partial charge in [-0.25, -0.2) is 0 Å². The van der Waals surface area contributed by atoms with Crippen LogP contribution in [0.1, 0.15) is 42.0 Å². The third-order valence-electron chi connectivity index (χ3n) is 5.60. The van der Waals surface area contributed by atoms with Crippen molar-refractivity contribution in [1.29, 1.82) is 0 Å². The average molecular weight is 400 g/mol. The van der Waals surface area contributed by atoms with Gasteiger partial charge in [0.2, 0.25) is 11.8 Å². The topological polar surface area (TPSA) is 61.4 Å². The van der Waals surface area contributed by atoms with Gasteiger partial charge in [-0.05, 0) is 29.2 Å². The number of hydrogen-bond donors (Lipinski definition) is 2. The van der Waals surface area contributed by atoms with E-state index in [0.29, 0.717) is 6.54 Å². The Balaban J connectivity index is 0.00000225. The van der Waals surface area contributed by atoms with Gasteiger partial charge in [-0.1, -0.05) is 49.4 Å². The predicted molar refractivity (Wildman–Crippen MR) is 113 cm³/mol. The van der Waals surface area contributed by atoms with E-state index in [0.717, 1.165) is 36.3 Å². The molecule has 2 atom stereocenters. The number of para-hydroxylation sites is 1. The molecule has 28 heavy (non-hydrogen) atoms. The molecule has 1 fully saturated rings. The van der Waals surface area contributed by atoms with Crippen molar-refractivity contribution in [2.45, 2.75) is 31.7 Å². The zero-order chi connectivity index (χ0) is 18.8. The summed E-state index contributed by atoms with van der Waals surface area (Å²) < 4.78 is 0. The second-order valence-corrected chi connectivity index (χ2v) is 7.24. The van der Waals surface area contributed by atoms with E-state index < -0.39 is 5.92 Å². The van der Waals surface area contributed by atoms with Crippen LogP contribution in [-0.4, -0.2) is 36.3 Å². The fourth-order valence-electron chi connectivity index (χ4n) is 4.07. The van der Waals surface area contributed by atoms with Crippen LogP contribution in [0.15, 0.2) is 48.5 Å². The number of benzene rings is 2. The van der Waals surface area contributed by atoms with Gasteiger partial charge in [-0.3, -0.25) is 9.59 Å². The van der Waals surface area contributed by atoms with E-state index in [1.165, 1.54) is 5.56 Å². The fraction of sp³-hybridized carbons (Fsp3) is 0.364. The number of anilines is 1. The molecule has 2 unspecified atom stereocenters. The molecule has 0 aliphatic carbocycles. The molecule has 0 saturated carbocycles. The van der Waals surface area contributed by atoms with E-state index in [4.69, 9.17) is 0 Å². The third kappa shape index (κ3) is 3.91. The SMILES string of the molecule is CCc1ccc(C2CNCCN2C(=O)C2CC(=O)Nc3ccccc32)cc1.Cl. The van der Waals surface area contributed by atoms with Crippen LogP contribution in [0.4, 0.5) is 5.69 Å². The first kappa shape index (κ1) is 20.4. The summed E-state index contributed by atoms with van der Waals surface area (Å²) in [5.41, 5.74) is 4.10. The Hall–Kier alpha value is -2.37. The molecule has 0 radical (unpaired) electrons. The average Bonchev–Trinajstić information content (AvgIpc) is 2.72. The largest absolute Gasteiger partial charge is 0.333 e. The van der Waals surface area contributed by atoms with Crippen molar-refractivity contribution < 1.29 is 9.59 Å². The number of carbonyl (C=O) groups excluding carboxylic acids is 2. The maximum Gasteiger partial charge on any atom is 0.231 e. The van der Waals surface area contributed by atoms with Crippen LogP contribution in [-0.2, 0) is 16.0 Å². The smallest absolute Gasteiger partial charge is 0.231 e. The zero-order valence-electron chi connectivity index (χ0n) is 16.0. The molecule has 4 rings (SSSR count). The summed E-state index contributed by atoms with van der Waals surface area (Å²) in [6.45, 7) is 4.30. The normalized spacial score (nSPS) is 21.3. The highest BCUT2D eigenvalue weighted by atomic mass is 35.5. The van der Waals surface area contributed by atoms with Crippen LogP contribution in [0.3, 0.4) is 0 Å². The molecule has 1 saturated heterocycles. The predicted octanol–water partition coefficient (Wildman–Crippen LogP) is 3.27. The summed E-state index contributed by atoms with van der Waals surface area (Å²) >= 11 is 0. The number of halogens is 1. The van der Waals surface area contributed by atoms with Gasteiger partial charge in [-0.2, -0.15) is 0 Å². The van der Waals surface area contributed by atoms with Gasteiger partial charge >= 0.3 is 0 Å². The molecule has 2 aliphatic heterocycles. The maximum absolute atomic E-state index is 13.5. The van der Waals surface area contributed by atoms with Crippen LogP contribution in [0, 0.1) is 0 Å². The quantitative estimate of drug-likeness (QED) is 0.832. The lowest BCUT2D eigenvalue weighted by molar-refractivity contribution is -0.138. The summed E-state index contributed by atoms with van der Waals surface area (Å²) in [7, 11) is 0. The van der Waals surface area contributed by atoms with Gasteiger partial charge in [-0.15, -0.1) is 12.4 Å². The van der Waals surface area contributed by atoms with Gasteiger partial charge in [0.05, 0.1) is 12.0 Å². The highest BCUT2D eigenvalue weighted by Crippen LogP contribution is 2.35. The van der Waals surface area contributed by atoms with Crippen molar-refractivity contribution in [2.75, 3.05) is 25.0 Å². The molecule has 0 aromatic heterocycles. The Morgan fingerprint density at radius 1 is 1.14 bits per heavy atom. The number of rotatable bonds is 3. The van der Waals surface area contributed by atoms with Gasteiger partial charge in [0, 0.05) is 31.7 Å². The lowest BCUT2D eigenvalue weighted by atomic mass is 9.88.